The maximum atomic E-state index is 12.3. The van der Waals surface area contributed by atoms with Crippen molar-refractivity contribution in [2.75, 3.05) is 0 Å². The van der Waals surface area contributed by atoms with Crippen LogP contribution in [0.1, 0.15) is 19.4 Å². The Kier molecular flexibility index (Phi) is 7.90. The Hall–Kier alpha value is -1.74. The van der Waals surface area contributed by atoms with Gasteiger partial charge in [0.15, 0.2) is 5.11 Å². The number of thiocarbonyl (C=S) groups is 1. The highest BCUT2D eigenvalue weighted by Crippen LogP contribution is 2.25. The third kappa shape index (κ3) is 7.89. The van der Waals surface area contributed by atoms with Crippen LogP contribution >= 0.6 is 28.1 Å². The molecule has 9 heteroatoms. The summed E-state index contributed by atoms with van der Waals surface area (Å²) in [5.41, 5.74) is 5.20. The molecule has 1 aromatic rings. The summed E-state index contributed by atoms with van der Waals surface area (Å²) in [6, 6.07) is 4.62. The molecule has 0 bridgehead atoms. The van der Waals surface area contributed by atoms with Gasteiger partial charge in [-0.15, -0.1) is 0 Å². The van der Waals surface area contributed by atoms with Crippen LogP contribution in [0.5, 0.6) is 5.75 Å². The quantitative estimate of drug-likeness (QED) is 0.397. The first kappa shape index (κ1) is 19.3. The molecule has 0 saturated heterocycles. The monoisotopic (exact) mass is 407 g/mol. The maximum Gasteiger partial charge on any atom is 0.387 e. The van der Waals surface area contributed by atoms with Gasteiger partial charge in [-0.3, -0.25) is 15.6 Å². The lowest BCUT2D eigenvalue weighted by Crippen LogP contribution is -2.48. The van der Waals surface area contributed by atoms with E-state index in [9.17, 15) is 13.6 Å². The first-order chi connectivity index (χ1) is 10.8. The zero-order chi connectivity index (χ0) is 17.4. The Balaban J connectivity index is 2.67. The molecule has 0 aromatic heterocycles. The summed E-state index contributed by atoms with van der Waals surface area (Å²) in [7, 11) is 0. The average molecular weight is 408 g/mol. The van der Waals surface area contributed by atoms with Crippen LogP contribution in [0.15, 0.2) is 28.7 Å². The molecule has 5 nitrogen and oxygen atoms in total. The van der Waals surface area contributed by atoms with Crippen LogP contribution in [0.25, 0.3) is 6.08 Å². The molecule has 0 aliphatic carbocycles. The summed E-state index contributed by atoms with van der Waals surface area (Å²) >= 11 is 8.17. The van der Waals surface area contributed by atoms with Crippen LogP contribution in [-0.2, 0) is 4.79 Å². The number of hydrogen-bond acceptors (Lipinski definition) is 3. The van der Waals surface area contributed by atoms with Crippen molar-refractivity contribution in [1.29, 1.82) is 0 Å². The smallest absolute Gasteiger partial charge is 0.387 e. The fourth-order valence-electron chi connectivity index (χ4n) is 1.48. The predicted molar refractivity (Wildman–Crippen MR) is 92.0 cm³/mol. The van der Waals surface area contributed by atoms with Crippen LogP contribution in [0, 0.1) is 0 Å². The Labute approximate surface area is 146 Å². The minimum Gasteiger partial charge on any atom is -0.434 e. The van der Waals surface area contributed by atoms with Crippen LogP contribution in [0.4, 0.5) is 8.78 Å². The summed E-state index contributed by atoms with van der Waals surface area (Å²) in [6.45, 7) is 0.847. The molecule has 0 aliphatic rings. The molecule has 1 aromatic carbocycles. The van der Waals surface area contributed by atoms with E-state index < -0.39 is 12.5 Å². The molecule has 126 valence electrons. The van der Waals surface area contributed by atoms with Gasteiger partial charge in [0.2, 0.25) is 0 Å². The third-order valence-corrected chi connectivity index (χ3v) is 3.03. The maximum absolute atomic E-state index is 12.3. The van der Waals surface area contributed by atoms with Gasteiger partial charge >= 0.3 is 6.61 Å². The van der Waals surface area contributed by atoms with E-state index in [0.29, 0.717) is 10.0 Å². The van der Waals surface area contributed by atoms with Crippen molar-refractivity contribution < 1.29 is 18.3 Å². The highest BCUT2D eigenvalue weighted by atomic mass is 79.9. The minimum absolute atomic E-state index is 0.0304. The van der Waals surface area contributed by atoms with Crippen LogP contribution in [0.2, 0.25) is 0 Å². The fraction of sp³-hybridized carbons (Fsp3) is 0.286. The number of carbonyl (C=O) groups excluding carboxylic acids is 1. The Bertz CT molecular complexity index is 597. The van der Waals surface area contributed by atoms with Gasteiger partial charge in [0.25, 0.3) is 5.91 Å². The van der Waals surface area contributed by atoms with E-state index in [4.69, 9.17) is 12.2 Å². The Morgan fingerprint density at radius 3 is 2.65 bits per heavy atom. The Morgan fingerprint density at radius 2 is 2.04 bits per heavy atom. The number of hydrazine groups is 1. The number of hydrogen-bond donors (Lipinski definition) is 3. The molecule has 0 spiro atoms. The first-order valence-electron chi connectivity index (χ1n) is 6.57. The van der Waals surface area contributed by atoms with E-state index in [1.54, 1.807) is 12.1 Å². The number of alkyl halides is 2. The number of amides is 1. The highest BCUT2D eigenvalue weighted by Gasteiger charge is 2.09. The van der Waals surface area contributed by atoms with E-state index in [1.165, 1.54) is 18.2 Å². The minimum atomic E-state index is -2.95. The van der Waals surface area contributed by atoms with Gasteiger partial charge in [0.05, 0.1) is 0 Å². The molecule has 0 unspecified atom stereocenters. The summed E-state index contributed by atoms with van der Waals surface area (Å²) in [5.74, 6) is -0.530. The van der Waals surface area contributed by atoms with Crippen molar-refractivity contribution in [2.45, 2.75) is 26.5 Å². The standard InChI is InChI=1S/C14H16BrF2N3O2S/c1-8(2)18-14(23)20-19-12(21)6-3-9-7-10(15)4-5-11(9)22-13(16)17/h3-8,13H,1-2H3,(H,19,21)(H2,18,20,23)/b6-3+. The molecule has 0 aliphatic heterocycles. The lowest BCUT2D eigenvalue weighted by molar-refractivity contribution is -0.116. The van der Waals surface area contributed by atoms with Crippen molar-refractivity contribution in [3.63, 3.8) is 0 Å². The molecule has 1 amide bonds. The summed E-state index contributed by atoms with van der Waals surface area (Å²) in [4.78, 5) is 11.7. The van der Waals surface area contributed by atoms with Gasteiger partial charge < -0.3 is 10.1 Å². The van der Waals surface area contributed by atoms with E-state index in [0.717, 1.165) is 0 Å². The average Bonchev–Trinajstić information content (AvgIpc) is 2.44. The lowest BCUT2D eigenvalue weighted by atomic mass is 10.2. The normalized spacial score (nSPS) is 10.9. The molecule has 0 fully saturated rings. The second kappa shape index (κ2) is 9.41. The molecule has 0 atom stereocenters. The van der Waals surface area contributed by atoms with E-state index in [1.807, 2.05) is 13.8 Å². The summed E-state index contributed by atoms with van der Waals surface area (Å²) in [6.07, 6.45) is 2.53. The summed E-state index contributed by atoms with van der Waals surface area (Å²) < 4.78 is 29.7. The molecule has 0 radical (unpaired) electrons. The fourth-order valence-corrected chi connectivity index (χ4v) is 2.14. The number of benzene rings is 1. The molecule has 3 N–H and O–H groups in total. The number of rotatable bonds is 5. The molecule has 0 heterocycles. The number of carbonyl (C=O) groups is 1. The van der Waals surface area contributed by atoms with Gasteiger partial charge in [-0.2, -0.15) is 8.78 Å². The number of halogens is 3. The predicted octanol–water partition coefficient (Wildman–Crippen LogP) is 2.97. The SMILES string of the molecule is CC(C)NC(=S)NNC(=O)/C=C/c1cc(Br)ccc1OC(F)F. The second-order valence-corrected chi connectivity index (χ2v) is 5.96. The molecular formula is C14H16BrF2N3O2S. The van der Waals surface area contributed by atoms with Crippen molar-refractivity contribution in [3.8, 4) is 5.75 Å². The zero-order valence-corrected chi connectivity index (χ0v) is 14.8. The van der Waals surface area contributed by atoms with Crippen LogP contribution in [0.3, 0.4) is 0 Å². The lowest BCUT2D eigenvalue weighted by Gasteiger charge is -2.12. The number of nitrogens with one attached hydrogen (secondary N) is 3. The van der Waals surface area contributed by atoms with Gasteiger partial charge in [-0.25, -0.2) is 0 Å². The van der Waals surface area contributed by atoms with Crippen molar-refractivity contribution in [3.05, 3.63) is 34.3 Å². The second-order valence-electron chi connectivity index (χ2n) is 4.64. The van der Waals surface area contributed by atoms with Crippen molar-refractivity contribution in [2.24, 2.45) is 0 Å². The molecular weight excluding hydrogens is 392 g/mol. The topological polar surface area (TPSA) is 62.4 Å². The van der Waals surface area contributed by atoms with Crippen LogP contribution in [-0.4, -0.2) is 23.7 Å². The van der Waals surface area contributed by atoms with E-state index >= 15 is 0 Å². The van der Waals surface area contributed by atoms with Gasteiger partial charge in [-0.05, 0) is 50.3 Å². The largest absolute Gasteiger partial charge is 0.434 e. The van der Waals surface area contributed by atoms with Gasteiger partial charge in [-0.1, -0.05) is 15.9 Å². The van der Waals surface area contributed by atoms with Gasteiger partial charge in [0.1, 0.15) is 5.75 Å². The van der Waals surface area contributed by atoms with Crippen LogP contribution < -0.4 is 20.9 Å². The highest BCUT2D eigenvalue weighted by molar-refractivity contribution is 9.10. The van der Waals surface area contributed by atoms with E-state index in [-0.39, 0.29) is 16.9 Å². The van der Waals surface area contributed by atoms with E-state index in [2.05, 4.69) is 36.8 Å². The van der Waals surface area contributed by atoms with Gasteiger partial charge in [0, 0.05) is 22.2 Å². The van der Waals surface area contributed by atoms with Crippen molar-refractivity contribution >= 4 is 45.2 Å². The molecule has 1 rings (SSSR count). The van der Waals surface area contributed by atoms with Crippen molar-refractivity contribution in [1.82, 2.24) is 16.2 Å². The molecule has 0 saturated carbocycles. The molecule has 23 heavy (non-hydrogen) atoms. The third-order valence-electron chi connectivity index (χ3n) is 2.32. The Morgan fingerprint density at radius 1 is 1.35 bits per heavy atom. The first-order valence-corrected chi connectivity index (χ1v) is 7.77. The zero-order valence-electron chi connectivity index (χ0n) is 12.4. The summed E-state index contributed by atoms with van der Waals surface area (Å²) in [5, 5.41) is 3.15. The number of ether oxygens (including phenoxy) is 1.